The molecule has 5 nitrogen and oxygen atoms in total. The van der Waals surface area contributed by atoms with Crippen LogP contribution in [0.25, 0.3) is 0 Å². The van der Waals surface area contributed by atoms with E-state index in [0.29, 0.717) is 19.4 Å². The van der Waals surface area contributed by atoms with E-state index in [1.54, 1.807) is 6.07 Å². The minimum absolute atomic E-state index is 0.0142. The van der Waals surface area contributed by atoms with Crippen molar-refractivity contribution in [2.24, 2.45) is 0 Å². The highest BCUT2D eigenvalue weighted by atomic mass is 35.5. The van der Waals surface area contributed by atoms with Gasteiger partial charge < -0.3 is 5.11 Å². The second kappa shape index (κ2) is 7.04. The lowest BCUT2D eigenvalue weighted by atomic mass is 10.2. The minimum Gasteiger partial charge on any atom is -0.396 e. The van der Waals surface area contributed by atoms with E-state index < -0.39 is 10.0 Å². The van der Waals surface area contributed by atoms with Crippen molar-refractivity contribution in [1.82, 2.24) is 9.29 Å². The van der Waals surface area contributed by atoms with Crippen molar-refractivity contribution < 1.29 is 13.5 Å². The first-order valence-electron chi connectivity index (χ1n) is 5.68. The molecule has 0 saturated heterocycles. The smallest absolute Gasteiger partial charge is 0.245 e. The average molecular weight is 293 g/mol. The van der Waals surface area contributed by atoms with Crippen LogP contribution in [-0.2, 0) is 10.0 Å². The summed E-state index contributed by atoms with van der Waals surface area (Å²) in [5.41, 5.74) is 0. The lowest BCUT2D eigenvalue weighted by molar-refractivity contribution is 0.281. The number of aliphatic hydroxyl groups excluding tert-OH is 1. The molecule has 0 radical (unpaired) electrons. The van der Waals surface area contributed by atoms with Crippen LogP contribution in [0, 0.1) is 0 Å². The maximum Gasteiger partial charge on any atom is 0.245 e. The van der Waals surface area contributed by atoms with Crippen LogP contribution in [0.4, 0.5) is 0 Å². The Bertz CT molecular complexity index is 479. The van der Waals surface area contributed by atoms with Crippen LogP contribution in [0.3, 0.4) is 0 Å². The molecule has 0 aliphatic heterocycles. The largest absolute Gasteiger partial charge is 0.396 e. The fourth-order valence-corrected chi connectivity index (χ4v) is 3.11. The second-order valence-electron chi connectivity index (χ2n) is 3.90. The minimum atomic E-state index is -3.58. The van der Waals surface area contributed by atoms with Gasteiger partial charge in [0, 0.05) is 26.4 Å². The fourth-order valence-electron chi connectivity index (χ4n) is 1.47. The summed E-state index contributed by atoms with van der Waals surface area (Å²) in [6.45, 7) is 0.526. The number of pyridine rings is 1. The van der Waals surface area contributed by atoms with Gasteiger partial charge in [0.2, 0.25) is 10.0 Å². The van der Waals surface area contributed by atoms with Gasteiger partial charge in [-0.05, 0) is 31.4 Å². The summed E-state index contributed by atoms with van der Waals surface area (Å²) in [6.07, 6.45) is 3.62. The van der Waals surface area contributed by atoms with Gasteiger partial charge in [0.1, 0.15) is 10.0 Å². The highest BCUT2D eigenvalue weighted by Gasteiger charge is 2.23. The van der Waals surface area contributed by atoms with E-state index >= 15 is 0 Å². The highest BCUT2D eigenvalue weighted by Crippen LogP contribution is 2.21. The number of nitrogens with zero attached hydrogens (tertiary/aromatic N) is 2. The molecule has 0 saturated carbocycles. The summed E-state index contributed by atoms with van der Waals surface area (Å²) in [7, 11) is -2.07. The van der Waals surface area contributed by atoms with E-state index in [1.165, 1.54) is 23.6 Å². The Labute approximate surface area is 112 Å². The summed E-state index contributed by atoms with van der Waals surface area (Å²) in [5, 5.41) is 8.63. The third-order valence-corrected chi connectivity index (χ3v) is 4.85. The zero-order valence-corrected chi connectivity index (χ0v) is 11.8. The predicted octanol–water partition coefficient (Wildman–Crippen LogP) is 1.52. The van der Waals surface area contributed by atoms with Crippen molar-refractivity contribution in [3.63, 3.8) is 0 Å². The highest BCUT2D eigenvalue weighted by molar-refractivity contribution is 7.89. The summed E-state index contributed by atoms with van der Waals surface area (Å²) >= 11 is 5.79. The molecule has 1 aromatic rings. The lowest BCUT2D eigenvalue weighted by Crippen LogP contribution is -2.28. The molecule has 102 valence electrons. The summed E-state index contributed by atoms with van der Waals surface area (Å²) < 4.78 is 25.6. The van der Waals surface area contributed by atoms with Crippen LogP contribution in [0.5, 0.6) is 0 Å². The normalized spacial score (nSPS) is 12.0. The molecular formula is C11H17ClN2O3S. The number of halogens is 1. The Morgan fingerprint density at radius 1 is 1.39 bits per heavy atom. The SMILES string of the molecule is CN(CCCCCO)S(=O)(=O)c1cccnc1Cl. The Balaban J connectivity index is 2.72. The molecular weight excluding hydrogens is 276 g/mol. The maximum atomic E-state index is 12.2. The topological polar surface area (TPSA) is 70.5 Å². The Morgan fingerprint density at radius 2 is 2.11 bits per heavy atom. The molecule has 1 N–H and O–H groups in total. The number of hydrogen-bond acceptors (Lipinski definition) is 4. The summed E-state index contributed by atoms with van der Waals surface area (Å²) in [6, 6.07) is 2.98. The van der Waals surface area contributed by atoms with E-state index in [0.717, 1.165) is 6.42 Å². The predicted molar refractivity (Wildman–Crippen MR) is 70.0 cm³/mol. The molecule has 1 heterocycles. The van der Waals surface area contributed by atoms with Gasteiger partial charge in [-0.3, -0.25) is 0 Å². The maximum absolute atomic E-state index is 12.2. The van der Waals surface area contributed by atoms with Crippen LogP contribution in [0.15, 0.2) is 23.2 Å². The molecule has 1 rings (SSSR count). The van der Waals surface area contributed by atoms with Gasteiger partial charge in [-0.25, -0.2) is 17.7 Å². The molecule has 0 aromatic carbocycles. The molecule has 18 heavy (non-hydrogen) atoms. The molecule has 0 aliphatic rings. The first-order chi connectivity index (χ1) is 8.50. The van der Waals surface area contributed by atoms with Gasteiger partial charge in [-0.2, -0.15) is 0 Å². The number of rotatable bonds is 7. The molecule has 0 unspecified atom stereocenters. The fraction of sp³-hybridized carbons (Fsp3) is 0.545. The second-order valence-corrected chi connectivity index (χ2v) is 6.27. The first-order valence-corrected chi connectivity index (χ1v) is 7.49. The monoisotopic (exact) mass is 292 g/mol. The van der Waals surface area contributed by atoms with Crippen LogP contribution in [0.1, 0.15) is 19.3 Å². The first kappa shape index (κ1) is 15.4. The van der Waals surface area contributed by atoms with Crippen LogP contribution in [-0.4, -0.2) is 43.0 Å². The van der Waals surface area contributed by atoms with E-state index in [1.807, 2.05) is 0 Å². The molecule has 0 atom stereocenters. The Kier molecular flexibility index (Phi) is 6.01. The van der Waals surface area contributed by atoms with Crippen molar-refractivity contribution >= 4 is 21.6 Å². The number of sulfonamides is 1. The average Bonchev–Trinajstić information content (AvgIpc) is 2.34. The Hall–Kier alpha value is -0.690. The lowest BCUT2D eigenvalue weighted by Gasteiger charge is -2.17. The number of aliphatic hydroxyl groups is 1. The quantitative estimate of drug-likeness (QED) is 0.611. The molecule has 0 amide bonds. The van der Waals surface area contributed by atoms with Gasteiger partial charge in [0.25, 0.3) is 0 Å². The van der Waals surface area contributed by atoms with Crippen molar-refractivity contribution in [3.8, 4) is 0 Å². The zero-order valence-electron chi connectivity index (χ0n) is 10.2. The van der Waals surface area contributed by atoms with Gasteiger partial charge in [-0.1, -0.05) is 11.6 Å². The van der Waals surface area contributed by atoms with E-state index in [4.69, 9.17) is 16.7 Å². The van der Waals surface area contributed by atoms with Crippen molar-refractivity contribution in [2.75, 3.05) is 20.2 Å². The van der Waals surface area contributed by atoms with Gasteiger partial charge in [0.15, 0.2) is 0 Å². The molecule has 0 aliphatic carbocycles. The Morgan fingerprint density at radius 3 is 2.72 bits per heavy atom. The van der Waals surface area contributed by atoms with Crippen molar-refractivity contribution in [2.45, 2.75) is 24.2 Å². The van der Waals surface area contributed by atoms with Crippen molar-refractivity contribution in [3.05, 3.63) is 23.5 Å². The third kappa shape index (κ3) is 3.91. The van der Waals surface area contributed by atoms with Gasteiger partial charge in [0.05, 0.1) is 0 Å². The van der Waals surface area contributed by atoms with Crippen LogP contribution < -0.4 is 0 Å². The van der Waals surface area contributed by atoms with Crippen LogP contribution in [0.2, 0.25) is 5.15 Å². The van der Waals surface area contributed by atoms with Gasteiger partial charge >= 0.3 is 0 Å². The molecule has 0 spiro atoms. The van der Waals surface area contributed by atoms with E-state index in [2.05, 4.69) is 4.98 Å². The number of hydrogen-bond donors (Lipinski definition) is 1. The molecule has 1 aromatic heterocycles. The van der Waals surface area contributed by atoms with E-state index in [-0.39, 0.29) is 16.7 Å². The molecule has 7 heteroatoms. The molecule has 0 bridgehead atoms. The van der Waals surface area contributed by atoms with Crippen LogP contribution >= 0.6 is 11.6 Å². The summed E-state index contributed by atoms with van der Waals surface area (Å²) in [5.74, 6) is 0. The summed E-state index contributed by atoms with van der Waals surface area (Å²) in [4.78, 5) is 3.79. The third-order valence-electron chi connectivity index (χ3n) is 2.54. The zero-order chi connectivity index (χ0) is 13.6. The molecule has 0 fully saturated rings. The van der Waals surface area contributed by atoms with Crippen molar-refractivity contribution in [1.29, 1.82) is 0 Å². The van der Waals surface area contributed by atoms with E-state index in [9.17, 15) is 8.42 Å². The number of unbranched alkanes of at least 4 members (excludes halogenated alkanes) is 2. The number of aromatic nitrogens is 1. The standard InChI is InChI=1S/C11H17ClN2O3S/c1-14(8-3-2-4-9-15)18(16,17)10-6-5-7-13-11(10)12/h5-7,15H,2-4,8-9H2,1H3. The van der Waals surface area contributed by atoms with Gasteiger partial charge in [-0.15, -0.1) is 0 Å².